The van der Waals surface area contributed by atoms with E-state index in [9.17, 15) is 0 Å². The molecule has 0 atom stereocenters. The second kappa shape index (κ2) is 2.84. The molecule has 0 N–H and O–H groups in total. The third-order valence-electron chi connectivity index (χ3n) is 1.34. The van der Waals surface area contributed by atoms with E-state index in [1.807, 2.05) is 17.5 Å². The van der Waals surface area contributed by atoms with Crippen molar-refractivity contribution in [3.8, 4) is 0 Å². The Hall–Kier alpha value is -1.16. The van der Waals surface area contributed by atoms with Gasteiger partial charge in [0.25, 0.3) is 0 Å². The van der Waals surface area contributed by atoms with Gasteiger partial charge in [-0.15, -0.1) is 5.10 Å². The molecule has 0 aromatic carbocycles. The zero-order valence-corrected chi connectivity index (χ0v) is 6.54. The summed E-state index contributed by atoms with van der Waals surface area (Å²) in [5, 5.41) is 5.75. The summed E-state index contributed by atoms with van der Waals surface area (Å²) >= 11 is 1.33. The fourth-order valence-corrected chi connectivity index (χ4v) is 1.28. The van der Waals surface area contributed by atoms with Crippen LogP contribution in [0, 0.1) is 0 Å². The van der Waals surface area contributed by atoms with Crippen molar-refractivity contribution in [2.75, 3.05) is 0 Å². The van der Waals surface area contributed by atoms with Crippen LogP contribution in [-0.4, -0.2) is 9.59 Å². The van der Waals surface area contributed by atoms with Crippen LogP contribution in [0.4, 0.5) is 0 Å². The summed E-state index contributed by atoms with van der Waals surface area (Å²) in [5.41, 5.74) is 0.819. The number of nitrogens with zero attached hydrogens (tertiary/aromatic N) is 2. The molecule has 4 heteroatoms. The topological polar surface area (TPSA) is 35.0 Å². The fourth-order valence-electron chi connectivity index (χ4n) is 0.837. The maximum atomic E-state index is 5.21. The summed E-state index contributed by atoms with van der Waals surface area (Å²) in [6.07, 6.45) is 6.52. The normalized spacial score (nSPS) is 15.8. The Balaban J connectivity index is 2.24. The van der Waals surface area contributed by atoms with Crippen LogP contribution in [-0.2, 0) is 4.74 Å². The molecular weight excluding hydrogens is 160 g/mol. The number of hydrogen-bond acceptors (Lipinski definition) is 4. The Kier molecular flexibility index (Phi) is 1.69. The summed E-state index contributed by atoms with van der Waals surface area (Å²) in [5.74, 6) is 0.807. The summed E-state index contributed by atoms with van der Waals surface area (Å²) in [4.78, 5) is 0. The molecule has 0 fully saturated rings. The van der Waals surface area contributed by atoms with E-state index < -0.39 is 0 Å². The Morgan fingerprint density at radius 1 is 1.55 bits per heavy atom. The minimum atomic E-state index is 0.807. The molecule has 0 amide bonds. The predicted octanol–water partition coefficient (Wildman–Crippen LogP) is 1.81. The summed E-state index contributed by atoms with van der Waals surface area (Å²) in [7, 11) is 0. The van der Waals surface area contributed by atoms with Crippen molar-refractivity contribution >= 4 is 17.3 Å². The third-order valence-corrected chi connectivity index (χ3v) is 1.85. The molecule has 11 heavy (non-hydrogen) atoms. The Morgan fingerprint density at radius 2 is 2.55 bits per heavy atom. The molecule has 2 rings (SSSR count). The Morgan fingerprint density at radius 3 is 3.18 bits per heavy atom. The quantitative estimate of drug-likeness (QED) is 0.638. The second-order valence-electron chi connectivity index (χ2n) is 2.08. The van der Waals surface area contributed by atoms with E-state index in [0.717, 1.165) is 17.9 Å². The molecule has 0 saturated heterocycles. The van der Waals surface area contributed by atoms with E-state index >= 15 is 0 Å². The average Bonchev–Trinajstić information content (AvgIpc) is 2.58. The smallest absolute Gasteiger partial charge is 0.151 e. The average molecular weight is 166 g/mol. The number of ether oxygens (including phenoxy) is 1. The molecule has 1 aromatic heterocycles. The predicted molar refractivity (Wildman–Crippen MR) is 42.7 cm³/mol. The van der Waals surface area contributed by atoms with Gasteiger partial charge in [0, 0.05) is 5.38 Å². The zero-order chi connectivity index (χ0) is 7.52. The van der Waals surface area contributed by atoms with Crippen LogP contribution in [0.25, 0.3) is 5.76 Å². The van der Waals surface area contributed by atoms with Gasteiger partial charge in [-0.2, -0.15) is 0 Å². The summed E-state index contributed by atoms with van der Waals surface area (Å²) in [6, 6.07) is 0. The van der Waals surface area contributed by atoms with Crippen molar-refractivity contribution in [1.82, 2.24) is 9.59 Å². The van der Waals surface area contributed by atoms with E-state index in [0.29, 0.717) is 0 Å². The van der Waals surface area contributed by atoms with Crippen LogP contribution in [0.1, 0.15) is 12.1 Å². The molecule has 0 spiro atoms. The monoisotopic (exact) mass is 166 g/mol. The minimum absolute atomic E-state index is 0.807. The number of aromatic nitrogens is 2. The number of hydrogen-bond donors (Lipinski definition) is 0. The summed E-state index contributed by atoms with van der Waals surface area (Å²) < 4.78 is 8.95. The van der Waals surface area contributed by atoms with E-state index in [1.165, 1.54) is 11.5 Å². The minimum Gasteiger partial charge on any atom is -0.463 e. The van der Waals surface area contributed by atoms with Crippen molar-refractivity contribution in [2.24, 2.45) is 0 Å². The van der Waals surface area contributed by atoms with Crippen molar-refractivity contribution in [3.05, 3.63) is 29.5 Å². The second-order valence-corrected chi connectivity index (χ2v) is 2.69. The van der Waals surface area contributed by atoms with Crippen molar-refractivity contribution in [2.45, 2.75) is 6.42 Å². The highest BCUT2D eigenvalue weighted by atomic mass is 32.1. The summed E-state index contributed by atoms with van der Waals surface area (Å²) in [6.45, 7) is 0. The van der Waals surface area contributed by atoms with Crippen molar-refractivity contribution < 1.29 is 4.74 Å². The molecule has 56 valence electrons. The van der Waals surface area contributed by atoms with Gasteiger partial charge in [0.15, 0.2) is 5.76 Å². The van der Waals surface area contributed by atoms with Crippen molar-refractivity contribution in [1.29, 1.82) is 0 Å². The molecular formula is C7H6N2OS. The van der Waals surface area contributed by atoms with E-state index in [1.54, 1.807) is 6.26 Å². The van der Waals surface area contributed by atoms with Crippen LogP contribution in [0.5, 0.6) is 0 Å². The molecule has 0 radical (unpaired) electrons. The Bertz CT molecular complexity index is 289. The molecule has 0 bridgehead atoms. The third kappa shape index (κ3) is 1.30. The first-order chi connectivity index (χ1) is 5.47. The van der Waals surface area contributed by atoms with E-state index in [2.05, 4.69) is 9.59 Å². The lowest BCUT2D eigenvalue weighted by Gasteiger charge is -2.05. The highest BCUT2D eigenvalue weighted by molar-refractivity contribution is 7.03. The first-order valence-electron chi connectivity index (χ1n) is 3.26. The Labute approximate surface area is 68.2 Å². The lowest BCUT2D eigenvalue weighted by molar-refractivity contribution is 0.425. The van der Waals surface area contributed by atoms with Gasteiger partial charge in [0.2, 0.25) is 0 Å². The van der Waals surface area contributed by atoms with Gasteiger partial charge in [-0.05, 0) is 30.1 Å². The van der Waals surface area contributed by atoms with Crippen LogP contribution >= 0.6 is 11.5 Å². The van der Waals surface area contributed by atoms with Crippen LogP contribution in [0.2, 0.25) is 0 Å². The van der Waals surface area contributed by atoms with Crippen LogP contribution in [0.15, 0.2) is 23.8 Å². The number of rotatable bonds is 1. The van der Waals surface area contributed by atoms with Crippen LogP contribution in [0.3, 0.4) is 0 Å². The zero-order valence-electron chi connectivity index (χ0n) is 5.73. The molecule has 0 saturated carbocycles. The van der Waals surface area contributed by atoms with Crippen LogP contribution < -0.4 is 0 Å². The van der Waals surface area contributed by atoms with Gasteiger partial charge in [-0.3, -0.25) is 0 Å². The molecule has 1 aliphatic heterocycles. The molecule has 0 aliphatic carbocycles. The first-order valence-corrected chi connectivity index (χ1v) is 4.10. The molecule has 1 aromatic rings. The van der Waals surface area contributed by atoms with Gasteiger partial charge >= 0.3 is 0 Å². The van der Waals surface area contributed by atoms with Gasteiger partial charge in [-0.1, -0.05) is 4.49 Å². The van der Waals surface area contributed by atoms with E-state index in [4.69, 9.17) is 4.74 Å². The fraction of sp³-hybridized carbons (Fsp3) is 0.143. The first kappa shape index (κ1) is 6.54. The largest absolute Gasteiger partial charge is 0.463 e. The molecule has 1 aliphatic rings. The van der Waals surface area contributed by atoms with E-state index in [-0.39, 0.29) is 0 Å². The van der Waals surface area contributed by atoms with Gasteiger partial charge < -0.3 is 4.74 Å². The van der Waals surface area contributed by atoms with Gasteiger partial charge in [0.1, 0.15) is 5.69 Å². The molecule has 2 heterocycles. The van der Waals surface area contributed by atoms with Gasteiger partial charge in [0.05, 0.1) is 6.26 Å². The highest BCUT2D eigenvalue weighted by Gasteiger charge is 2.05. The maximum Gasteiger partial charge on any atom is 0.151 e. The highest BCUT2D eigenvalue weighted by Crippen LogP contribution is 2.18. The van der Waals surface area contributed by atoms with Gasteiger partial charge in [-0.25, -0.2) is 0 Å². The molecule has 3 nitrogen and oxygen atoms in total. The maximum absolute atomic E-state index is 5.21. The molecule has 0 unspecified atom stereocenters. The SMILES string of the molecule is C1=COC(c2csnn2)=CC1. The lowest BCUT2D eigenvalue weighted by atomic mass is 10.3. The van der Waals surface area contributed by atoms with Crippen molar-refractivity contribution in [3.63, 3.8) is 0 Å². The lowest BCUT2D eigenvalue weighted by Crippen LogP contribution is -1.90. The number of allylic oxidation sites excluding steroid dienone is 2. The standard InChI is InChI=1S/C7H6N2OS/c1-2-4-10-7(3-1)6-5-11-9-8-6/h2-5H,1H2.